The Bertz CT molecular complexity index is 1150. The second-order valence-electron chi connectivity index (χ2n) is 8.15. The Balaban J connectivity index is 1.93. The van der Waals surface area contributed by atoms with E-state index in [1.807, 2.05) is 13.8 Å². The number of likely N-dealkylation sites (N-methyl/N-ethyl adjacent to an activating group) is 1. The molecule has 0 N–H and O–H groups in total. The minimum atomic E-state index is -1.65. The number of halogens is 1. The van der Waals surface area contributed by atoms with Gasteiger partial charge in [-0.05, 0) is 49.5 Å². The lowest BCUT2D eigenvalue weighted by Gasteiger charge is -2.44. The van der Waals surface area contributed by atoms with Crippen molar-refractivity contribution in [2.45, 2.75) is 19.6 Å². The van der Waals surface area contributed by atoms with Crippen molar-refractivity contribution in [1.29, 1.82) is 0 Å². The minimum Gasteiger partial charge on any atom is -0.493 e. The Hall–Kier alpha value is -3.10. The molecule has 1 amide bonds. The Labute approximate surface area is 203 Å². The molecular weight excluding hydrogens is 460 g/mol. The fourth-order valence-corrected chi connectivity index (χ4v) is 4.92. The molecule has 8 nitrogen and oxygen atoms in total. The average molecular weight is 487 g/mol. The maximum Gasteiger partial charge on any atom is 0.294 e. The molecule has 4 rings (SSSR count). The summed E-state index contributed by atoms with van der Waals surface area (Å²) < 4.78 is 17.3. The fourth-order valence-electron chi connectivity index (χ4n) is 4.75. The molecule has 34 heavy (non-hydrogen) atoms. The van der Waals surface area contributed by atoms with E-state index in [0.29, 0.717) is 28.6 Å². The standard InChI is InChI=1S/C25H27ClN2O6/c1-5-27(6-2)11-12-28-24(31)23(30)21-22(29)17-14-16(26)8-10-18(17)34-25(21,28)15-7-9-19(32-3)20(13-15)33-4/h7-10,13-14,21H,5-6,11-12H2,1-4H3. The molecule has 0 aromatic heterocycles. The van der Waals surface area contributed by atoms with E-state index in [4.69, 9.17) is 25.8 Å². The second-order valence-corrected chi connectivity index (χ2v) is 8.59. The van der Waals surface area contributed by atoms with Crippen molar-refractivity contribution in [2.75, 3.05) is 40.4 Å². The molecule has 0 spiro atoms. The number of benzene rings is 2. The number of fused-ring (bicyclic) bond motifs is 2. The zero-order valence-corrected chi connectivity index (χ0v) is 20.3. The molecule has 2 heterocycles. The normalized spacial score (nSPS) is 21.4. The first-order chi connectivity index (χ1) is 16.3. The molecule has 0 radical (unpaired) electrons. The van der Waals surface area contributed by atoms with Gasteiger partial charge in [-0.1, -0.05) is 25.4 Å². The highest BCUT2D eigenvalue weighted by atomic mass is 35.5. The van der Waals surface area contributed by atoms with Crippen molar-refractivity contribution in [3.63, 3.8) is 0 Å². The molecule has 1 saturated heterocycles. The van der Waals surface area contributed by atoms with E-state index in [1.165, 1.54) is 25.2 Å². The van der Waals surface area contributed by atoms with Crippen molar-refractivity contribution in [2.24, 2.45) is 5.92 Å². The second kappa shape index (κ2) is 9.27. The molecule has 2 unspecified atom stereocenters. The van der Waals surface area contributed by atoms with Gasteiger partial charge >= 0.3 is 0 Å². The van der Waals surface area contributed by atoms with E-state index < -0.39 is 29.1 Å². The lowest BCUT2D eigenvalue weighted by atomic mass is 9.80. The third-order valence-electron chi connectivity index (χ3n) is 6.58. The molecule has 2 aromatic carbocycles. The van der Waals surface area contributed by atoms with Crippen molar-refractivity contribution >= 4 is 29.1 Å². The van der Waals surface area contributed by atoms with Crippen LogP contribution in [0.1, 0.15) is 29.8 Å². The van der Waals surface area contributed by atoms with Crippen molar-refractivity contribution in [3.05, 3.63) is 52.5 Å². The summed E-state index contributed by atoms with van der Waals surface area (Å²) >= 11 is 6.11. The van der Waals surface area contributed by atoms with E-state index in [2.05, 4.69) is 4.90 Å². The van der Waals surface area contributed by atoms with Crippen LogP contribution in [-0.2, 0) is 15.3 Å². The van der Waals surface area contributed by atoms with Crippen LogP contribution in [0.15, 0.2) is 36.4 Å². The summed E-state index contributed by atoms with van der Waals surface area (Å²) in [7, 11) is 3.00. The first-order valence-electron chi connectivity index (χ1n) is 11.2. The highest BCUT2D eigenvalue weighted by molar-refractivity contribution is 6.44. The van der Waals surface area contributed by atoms with E-state index in [9.17, 15) is 14.4 Å². The number of Topliss-reactive ketones (excluding diaryl/α,β-unsaturated/α-hetero) is 2. The first-order valence-corrected chi connectivity index (χ1v) is 11.5. The number of amides is 1. The van der Waals surface area contributed by atoms with Gasteiger partial charge in [0.15, 0.2) is 23.2 Å². The number of carbonyl (C=O) groups excluding carboxylic acids is 3. The molecular formula is C25H27ClN2O6. The molecule has 0 bridgehead atoms. The Morgan fingerprint density at radius 2 is 1.71 bits per heavy atom. The third-order valence-corrected chi connectivity index (χ3v) is 6.81. The topological polar surface area (TPSA) is 85.4 Å². The number of methoxy groups -OCH3 is 2. The third kappa shape index (κ3) is 3.61. The van der Waals surface area contributed by atoms with Crippen LogP contribution in [0.2, 0.25) is 5.02 Å². The Kier molecular flexibility index (Phi) is 6.55. The van der Waals surface area contributed by atoms with E-state index in [1.54, 1.807) is 30.3 Å². The van der Waals surface area contributed by atoms with E-state index in [0.717, 1.165) is 13.1 Å². The SMILES string of the molecule is CCN(CC)CCN1C(=O)C(=O)C2C(=O)c3cc(Cl)ccc3OC21c1ccc(OC)c(OC)c1. The summed E-state index contributed by atoms with van der Waals surface area (Å²) in [4.78, 5) is 43.8. The van der Waals surface area contributed by atoms with Crippen LogP contribution in [0.3, 0.4) is 0 Å². The van der Waals surface area contributed by atoms with Gasteiger partial charge in [-0.15, -0.1) is 0 Å². The summed E-state index contributed by atoms with van der Waals surface area (Å²) in [5.74, 6) is -2.30. The van der Waals surface area contributed by atoms with Crippen molar-refractivity contribution < 1.29 is 28.6 Å². The van der Waals surface area contributed by atoms with Gasteiger partial charge in [-0.25, -0.2) is 0 Å². The van der Waals surface area contributed by atoms with Crippen LogP contribution in [0.5, 0.6) is 17.2 Å². The molecule has 1 fully saturated rings. The predicted molar refractivity (Wildman–Crippen MR) is 126 cm³/mol. The van der Waals surface area contributed by atoms with Crippen LogP contribution in [0.4, 0.5) is 0 Å². The molecule has 0 saturated carbocycles. The number of ketones is 2. The van der Waals surface area contributed by atoms with Crippen LogP contribution < -0.4 is 14.2 Å². The largest absolute Gasteiger partial charge is 0.493 e. The molecule has 2 aliphatic heterocycles. The van der Waals surface area contributed by atoms with Gasteiger partial charge in [0, 0.05) is 23.7 Å². The van der Waals surface area contributed by atoms with Crippen molar-refractivity contribution in [1.82, 2.24) is 9.80 Å². The van der Waals surface area contributed by atoms with E-state index in [-0.39, 0.29) is 17.9 Å². The summed E-state index contributed by atoms with van der Waals surface area (Å²) in [6, 6.07) is 9.67. The fraction of sp³-hybridized carbons (Fsp3) is 0.400. The first kappa shape index (κ1) is 24.0. The van der Waals surface area contributed by atoms with Gasteiger partial charge in [-0.2, -0.15) is 0 Å². The molecule has 2 atom stereocenters. The molecule has 180 valence electrons. The number of hydrogen-bond acceptors (Lipinski definition) is 7. The Morgan fingerprint density at radius 3 is 2.35 bits per heavy atom. The number of rotatable bonds is 8. The van der Waals surface area contributed by atoms with E-state index >= 15 is 0 Å². The highest BCUT2D eigenvalue weighted by Crippen LogP contribution is 2.51. The lowest BCUT2D eigenvalue weighted by Crippen LogP contribution is -2.56. The maximum atomic E-state index is 13.7. The predicted octanol–water partition coefficient (Wildman–Crippen LogP) is 3.15. The summed E-state index contributed by atoms with van der Waals surface area (Å²) in [5.41, 5.74) is -1.03. The maximum absolute atomic E-state index is 13.7. The van der Waals surface area contributed by atoms with Gasteiger partial charge in [0.05, 0.1) is 19.8 Å². The zero-order valence-electron chi connectivity index (χ0n) is 19.6. The summed E-state index contributed by atoms with van der Waals surface area (Å²) in [6.45, 7) is 6.31. The number of carbonyl (C=O) groups is 3. The number of ether oxygens (including phenoxy) is 3. The zero-order chi connectivity index (χ0) is 24.6. The van der Waals surface area contributed by atoms with Crippen LogP contribution in [0, 0.1) is 5.92 Å². The lowest BCUT2D eigenvalue weighted by molar-refractivity contribution is -0.148. The number of nitrogens with zero attached hydrogens (tertiary/aromatic N) is 2. The van der Waals surface area contributed by atoms with Crippen LogP contribution in [-0.4, -0.2) is 67.7 Å². The minimum absolute atomic E-state index is 0.181. The summed E-state index contributed by atoms with van der Waals surface area (Å²) in [5, 5.41) is 0.337. The van der Waals surface area contributed by atoms with Crippen molar-refractivity contribution in [3.8, 4) is 17.2 Å². The van der Waals surface area contributed by atoms with Crippen LogP contribution in [0.25, 0.3) is 0 Å². The monoisotopic (exact) mass is 486 g/mol. The summed E-state index contributed by atoms with van der Waals surface area (Å²) in [6.07, 6.45) is 0. The number of hydrogen-bond donors (Lipinski definition) is 0. The van der Waals surface area contributed by atoms with Gasteiger partial charge in [-0.3, -0.25) is 19.3 Å². The molecule has 2 aliphatic rings. The molecule has 2 aromatic rings. The van der Waals surface area contributed by atoms with Gasteiger partial charge < -0.3 is 19.1 Å². The molecule has 9 heteroatoms. The smallest absolute Gasteiger partial charge is 0.294 e. The van der Waals surface area contributed by atoms with Gasteiger partial charge in [0.1, 0.15) is 5.75 Å². The van der Waals surface area contributed by atoms with Gasteiger partial charge in [0.2, 0.25) is 11.5 Å². The average Bonchev–Trinajstić information content (AvgIpc) is 3.07. The molecule has 0 aliphatic carbocycles. The Morgan fingerprint density at radius 1 is 1.00 bits per heavy atom. The number of likely N-dealkylation sites (tertiary alicyclic amines) is 1. The highest BCUT2D eigenvalue weighted by Gasteiger charge is 2.66. The quantitative estimate of drug-likeness (QED) is 0.418. The van der Waals surface area contributed by atoms with Crippen LogP contribution >= 0.6 is 11.6 Å². The van der Waals surface area contributed by atoms with Gasteiger partial charge in [0.25, 0.3) is 5.91 Å².